The van der Waals surface area contributed by atoms with Gasteiger partial charge in [-0.15, -0.1) is 0 Å². The minimum absolute atomic E-state index is 0.0733. The van der Waals surface area contributed by atoms with Crippen LogP contribution in [-0.4, -0.2) is 9.67 Å². The number of phenols is 1. The molecule has 0 saturated heterocycles. The predicted octanol–water partition coefficient (Wildman–Crippen LogP) is 2.95. The van der Waals surface area contributed by atoms with Crippen LogP contribution in [0.25, 0.3) is 10.9 Å². The quantitative estimate of drug-likeness (QED) is 0.814. The molecule has 0 aliphatic carbocycles. The van der Waals surface area contributed by atoms with E-state index in [1.807, 2.05) is 25.3 Å². The predicted molar refractivity (Wildman–Crippen MR) is 66.6 cm³/mol. The molecule has 16 heavy (non-hydrogen) atoms. The molecule has 0 spiro atoms. The zero-order valence-corrected chi connectivity index (χ0v) is 9.94. The Kier molecular flexibility index (Phi) is 2.64. The van der Waals surface area contributed by atoms with E-state index in [2.05, 4.69) is 18.4 Å². The van der Waals surface area contributed by atoms with Crippen LogP contribution in [-0.2, 0) is 0 Å². The Bertz CT molecular complexity index is 512. The second-order valence-corrected chi connectivity index (χ2v) is 4.55. The zero-order chi connectivity index (χ0) is 11.9. The summed E-state index contributed by atoms with van der Waals surface area (Å²) in [5.41, 5.74) is 7.98. The lowest BCUT2D eigenvalue weighted by Crippen LogP contribution is -2.04. The van der Waals surface area contributed by atoms with Crippen molar-refractivity contribution in [1.82, 2.24) is 4.57 Å². The van der Waals surface area contributed by atoms with Gasteiger partial charge in [0.05, 0.1) is 5.52 Å². The SMILES string of the molecule is CC(N)c1cn(C(C)C)c2cccc(O)c12. The number of fused-ring (bicyclic) bond motifs is 1. The third-order valence-corrected chi connectivity index (χ3v) is 2.91. The first-order chi connectivity index (χ1) is 7.52. The molecule has 86 valence electrons. The normalized spacial score (nSPS) is 13.6. The molecule has 0 saturated carbocycles. The number of hydrogen-bond acceptors (Lipinski definition) is 2. The van der Waals surface area contributed by atoms with Crippen molar-refractivity contribution in [2.75, 3.05) is 0 Å². The molecule has 1 atom stereocenters. The Morgan fingerprint density at radius 1 is 1.25 bits per heavy atom. The largest absolute Gasteiger partial charge is 0.507 e. The van der Waals surface area contributed by atoms with Gasteiger partial charge in [-0.05, 0) is 38.5 Å². The molecule has 2 rings (SSSR count). The van der Waals surface area contributed by atoms with E-state index in [0.29, 0.717) is 11.8 Å². The fraction of sp³-hybridized carbons (Fsp3) is 0.385. The zero-order valence-electron chi connectivity index (χ0n) is 9.94. The molecule has 1 aromatic carbocycles. The number of aromatic hydroxyl groups is 1. The van der Waals surface area contributed by atoms with Crippen LogP contribution in [0.15, 0.2) is 24.4 Å². The van der Waals surface area contributed by atoms with Gasteiger partial charge in [0.2, 0.25) is 0 Å². The Labute approximate surface area is 95.5 Å². The van der Waals surface area contributed by atoms with E-state index >= 15 is 0 Å². The number of phenolic OH excluding ortho intramolecular Hbond substituents is 1. The summed E-state index contributed by atoms with van der Waals surface area (Å²) in [6.07, 6.45) is 2.04. The molecule has 1 heterocycles. The van der Waals surface area contributed by atoms with Crippen molar-refractivity contribution < 1.29 is 5.11 Å². The number of benzene rings is 1. The number of aromatic nitrogens is 1. The van der Waals surface area contributed by atoms with Gasteiger partial charge in [-0.3, -0.25) is 0 Å². The topological polar surface area (TPSA) is 51.2 Å². The standard InChI is InChI=1S/C13H18N2O/c1-8(2)15-7-10(9(3)14)13-11(15)5-4-6-12(13)16/h4-9,16H,14H2,1-3H3. The van der Waals surface area contributed by atoms with Crippen molar-refractivity contribution >= 4 is 10.9 Å². The fourth-order valence-corrected chi connectivity index (χ4v) is 2.10. The molecule has 3 N–H and O–H groups in total. The smallest absolute Gasteiger partial charge is 0.125 e. The number of rotatable bonds is 2. The first-order valence-electron chi connectivity index (χ1n) is 5.60. The van der Waals surface area contributed by atoms with E-state index in [4.69, 9.17) is 5.73 Å². The van der Waals surface area contributed by atoms with Crippen molar-refractivity contribution in [3.63, 3.8) is 0 Å². The second-order valence-electron chi connectivity index (χ2n) is 4.55. The maximum absolute atomic E-state index is 9.93. The maximum Gasteiger partial charge on any atom is 0.125 e. The van der Waals surface area contributed by atoms with E-state index in [0.717, 1.165) is 16.5 Å². The van der Waals surface area contributed by atoms with E-state index < -0.39 is 0 Å². The van der Waals surface area contributed by atoms with Gasteiger partial charge in [-0.25, -0.2) is 0 Å². The third kappa shape index (κ3) is 1.57. The van der Waals surface area contributed by atoms with Crippen LogP contribution in [0.1, 0.15) is 38.4 Å². The molecule has 0 aliphatic rings. The van der Waals surface area contributed by atoms with Gasteiger partial charge < -0.3 is 15.4 Å². The molecule has 1 aromatic heterocycles. The molecule has 0 fully saturated rings. The monoisotopic (exact) mass is 218 g/mol. The maximum atomic E-state index is 9.93. The average molecular weight is 218 g/mol. The highest BCUT2D eigenvalue weighted by atomic mass is 16.3. The molecular formula is C13H18N2O. The Hall–Kier alpha value is -1.48. The van der Waals surface area contributed by atoms with Gasteiger partial charge in [0.15, 0.2) is 0 Å². The molecule has 1 unspecified atom stereocenters. The van der Waals surface area contributed by atoms with Crippen molar-refractivity contribution in [2.45, 2.75) is 32.9 Å². The van der Waals surface area contributed by atoms with Gasteiger partial charge in [0, 0.05) is 23.7 Å². The van der Waals surface area contributed by atoms with Crippen LogP contribution in [0.4, 0.5) is 0 Å². The third-order valence-electron chi connectivity index (χ3n) is 2.91. The Morgan fingerprint density at radius 2 is 1.94 bits per heavy atom. The summed E-state index contributed by atoms with van der Waals surface area (Å²) < 4.78 is 2.15. The fourth-order valence-electron chi connectivity index (χ4n) is 2.10. The molecule has 0 bridgehead atoms. The van der Waals surface area contributed by atoms with Crippen LogP contribution >= 0.6 is 0 Å². The van der Waals surface area contributed by atoms with Crippen LogP contribution < -0.4 is 5.73 Å². The molecule has 3 heteroatoms. The highest BCUT2D eigenvalue weighted by molar-refractivity contribution is 5.90. The van der Waals surface area contributed by atoms with Crippen LogP contribution in [0.3, 0.4) is 0 Å². The molecule has 3 nitrogen and oxygen atoms in total. The van der Waals surface area contributed by atoms with Gasteiger partial charge in [-0.2, -0.15) is 0 Å². The molecule has 0 aliphatic heterocycles. The average Bonchev–Trinajstić information content (AvgIpc) is 2.58. The van der Waals surface area contributed by atoms with Crippen LogP contribution in [0.5, 0.6) is 5.75 Å². The highest BCUT2D eigenvalue weighted by Gasteiger charge is 2.15. The first kappa shape index (κ1) is 11.0. The summed E-state index contributed by atoms with van der Waals surface area (Å²) in [5, 5.41) is 10.8. The van der Waals surface area contributed by atoms with Gasteiger partial charge in [-0.1, -0.05) is 6.07 Å². The van der Waals surface area contributed by atoms with Crippen molar-refractivity contribution in [1.29, 1.82) is 0 Å². The van der Waals surface area contributed by atoms with E-state index in [-0.39, 0.29) is 6.04 Å². The molecule has 2 aromatic rings. The van der Waals surface area contributed by atoms with Gasteiger partial charge >= 0.3 is 0 Å². The van der Waals surface area contributed by atoms with E-state index in [9.17, 15) is 5.11 Å². The van der Waals surface area contributed by atoms with Crippen LogP contribution in [0, 0.1) is 0 Å². The Balaban J connectivity index is 2.82. The summed E-state index contributed by atoms with van der Waals surface area (Å²) in [4.78, 5) is 0. The number of hydrogen-bond donors (Lipinski definition) is 2. The lowest BCUT2D eigenvalue weighted by atomic mass is 10.1. The van der Waals surface area contributed by atoms with Gasteiger partial charge in [0.25, 0.3) is 0 Å². The Morgan fingerprint density at radius 3 is 2.50 bits per heavy atom. The summed E-state index contributed by atoms with van der Waals surface area (Å²) in [6, 6.07) is 5.87. The second kappa shape index (κ2) is 3.83. The summed E-state index contributed by atoms with van der Waals surface area (Å²) in [5.74, 6) is 0.309. The minimum atomic E-state index is -0.0733. The number of nitrogens with two attached hydrogens (primary N) is 1. The summed E-state index contributed by atoms with van der Waals surface area (Å²) >= 11 is 0. The lowest BCUT2D eigenvalue weighted by Gasteiger charge is -2.08. The summed E-state index contributed by atoms with van der Waals surface area (Å²) in [7, 11) is 0. The van der Waals surface area contributed by atoms with E-state index in [1.165, 1.54) is 0 Å². The number of nitrogens with zero attached hydrogens (tertiary/aromatic N) is 1. The van der Waals surface area contributed by atoms with Crippen LogP contribution in [0.2, 0.25) is 0 Å². The van der Waals surface area contributed by atoms with Crippen molar-refractivity contribution in [2.24, 2.45) is 5.73 Å². The van der Waals surface area contributed by atoms with E-state index in [1.54, 1.807) is 6.07 Å². The highest BCUT2D eigenvalue weighted by Crippen LogP contribution is 2.34. The van der Waals surface area contributed by atoms with Gasteiger partial charge in [0.1, 0.15) is 5.75 Å². The molecule has 0 amide bonds. The summed E-state index contributed by atoms with van der Waals surface area (Å²) in [6.45, 7) is 6.18. The molecule has 0 radical (unpaired) electrons. The lowest BCUT2D eigenvalue weighted by molar-refractivity contribution is 0.481. The first-order valence-corrected chi connectivity index (χ1v) is 5.60. The minimum Gasteiger partial charge on any atom is -0.507 e. The molecular weight excluding hydrogens is 200 g/mol. The van der Waals surface area contributed by atoms with Crippen molar-refractivity contribution in [3.05, 3.63) is 30.0 Å². The van der Waals surface area contributed by atoms with Crippen molar-refractivity contribution in [3.8, 4) is 5.75 Å².